The van der Waals surface area contributed by atoms with Crippen molar-refractivity contribution in [2.24, 2.45) is 11.3 Å². The summed E-state index contributed by atoms with van der Waals surface area (Å²) in [4.78, 5) is 9.07. The number of benzene rings is 1. The number of unbranched alkanes of at least 4 members (excludes halogenated alkanes) is 6. The second-order valence-electron chi connectivity index (χ2n) is 10.2. The highest BCUT2D eigenvalue weighted by Crippen LogP contribution is 2.42. The van der Waals surface area contributed by atoms with Crippen LogP contribution >= 0.6 is 0 Å². The van der Waals surface area contributed by atoms with E-state index in [1.165, 1.54) is 56.9 Å². The summed E-state index contributed by atoms with van der Waals surface area (Å²) in [5.41, 5.74) is 2.13. The maximum absolute atomic E-state index is 9.86. The van der Waals surface area contributed by atoms with E-state index < -0.39 is 0 Å². The molecule has 1 aromatic heterocycles. The minimum Gasteiger partial charge on any atom is -0.493 e. The van der Waals surface area contributed by atoms with Crippen molar-refractivity contribution in [3.63, 3.8) is 0 Å². The van der Waals surface area contributed by atoms with E-state index in [4.69, 9.17) is 4.74 Å². The van der Waals surface area contributed by atoms with Crippen molar-refractivity contribution >= 4 is 0 Å². The van der Waals surface area contributed by atoms with Gasteiger partial charge in [0.2, 0.25) is 0 Å². The number of rotatable bonds is 14. The molecule has 1 aliphatic carbocycles. The zero-order chi connectivity index (χ0) is 24.1. The van der Waals surface area contributed by atoms with Crippen LogP contribution < -0.4 is 4.74 Å². The molecule has 0 radical (unpaired) electrons. The second-order valence-corrected chi connectivity index (χ2v) is 10.2. The summed E-state index contributed by atoms with van der Waals surface area (Å²) >= 11 is 0. The summed E-state index contributed by atoms with van der Waals surface area (Å²) in [6, 6.07) is 10.8. The molecule has 0 atom stereocenters. The molecule has 0 spiro atoms. The fourth-order valence-corrected chi connectivity index (χ4v) is 4.99. The Morgan fingerprint density at radius 3 is 2.21 bits per heavy atom. The van der Waals surface area contributed by atoms with Crippen LogP contribution in [0.5, 0.6) is 5.75 Å². The number of nitrogens with zero attached hydrogens (tertiary/aromatic N) is 3. The molecule has 0 aliphatic heterocycles. The first-order valence-electron chi connectivity index (χ1n) is 13.6. The van der Waals surface area contributed by atoms with Crippen LogP contribution in [0.25, 0.3) is 11.4 Å². The van der Waals surface area contributed by atoms with Crippen molar-refractivity contribution in [2.45, 2.75) is 104 Å². The number of ether oxygens (including phenoxy) is 1. The van der Waals surface area contributed by atoms with E-state index in [0.717, 1.165) is 62.3 Å². The molecule has 4 heteroatoms. The SMILES string of the molecule is CCCCCCCC[C@]1(C#N)CC[C@H](COc2ccc(-c3ncc(CCCC)cn3)cc2)CC1. The van der Waals surface area contributed by atoms with E-state index in [2.05, 4.69) is 29.9 Å². The number of aryl methyl sites for hydroxylation is 1. The molecule has 1 aromatic carbocycles. The van der Waals surface area contributed by atoms with Gasteiger partial charge in [-0.3, -0.25) is 0 Å². The van der Waals surface area contributed by atoms with Gasteiger partial charge in [-0.25, -0.2) is 9.97 Å². The predicted molar refractivity (Wildman–Crippen MR) is 140 cm³/mol. The van der Waals surface area contributed by atoms with Crippen molar-refractivity contribution in [1.82, 2.24) is 9.97 Å². The first kappa shape index (κ1) is 26.2. The molecular weight excluding hydrogens is 418 g/mol. The molecule has 0 saturated heterocycles. The quantitative estimate of drug-likeness (QED) is 0.265. The summed E-state index contributed by atoms with van der Waals surface area (Å²) in [5.74, 6) is 2.20. The molecule has 3 rings (SSSR count). The third kappa shape index (κ3) is 8.12. The van der Waals surface area contributed by atoms with Crippen LogP contribution in [0.1, 0.15) is 103 Å². The Balaban J connectivity index is 1.40. The summed E-state index contributed by atoms with van der Waals surface area (Å²) in [5, 5.41) is 9.86. The molecule has 0 amide bonds. The van der Waals surface area contributed by atoms with Crippen molar-refractivity contribution in [3.05, 3.63) is 42.2 Å². The first-order chi connectivity index (χ1) is 16.7. The van der Waals surface area contributed by atoms with Crippen LogP contribution in [0.15, 0.2) is 36.7 Å². The third-order valence-corrected chi connectivity index (χ3v) is 7.43. The molecule has 34 heavy (non-hydrogen) atoms. The van der Waals surface area contributed by atoms with Crippen molar-refractivity contribution < 1.29 is 4.74 Å². The van der Waals surface area contributed by atoms with Crippen LogP contribution in [0.2, 0.25) is 0 Å². The smallest absolute Gasteiger partial charge is 0.159 e. The largest absolute Gasteiger partial charge is 0.493 e. The fraction of sp³-hybridized carbons (Fsp3) is 0.633. The highest BCUT2D eigenvalue weighted by Gasteiger charge is 2.35. The molecule has 1 aliphatic rings. The highest BCUT2D eigenvalue weighted by atomic mass is 16.5. The van der Waals surface area contributed by atoms with Crippen molar-refractivity contribution in [3.8, 4) is 23.2 Å². The topological polar surface area (TPSA) is 58.8 Å². The Hall–Kier alpha value is -2.41. The molecule has 0 N–H and O–H groups in total. The minimum atomic E-state index is -0.0883. The van der Waals surface area contributed by atoms with Gasteiger partial charge < -0.3 is 4.74 Å². The lowest BCUT2D eigenvalue weighted by molar-refractivity contribution is 0.144. The Morgan fingerprint density at radius 2 is 1.56 bits per heavy atom. The van der Waals surface area contributed by atoms with Crippen LogP contribution in [0.3, 0.4) is 0 Å². The molecule has 1 heterocycles. The van der Waals surface area contributed by atoms with Gasteiger partial charge in [0.05, 0.1) is 18.1 Å². The molecule has 0 bridgehead atoms. The summed E-state index contributed by atoms with van der Waals surface area (Å²) in [6.45, 7) is 5.19. The van der Waals surface area contributed by atoms with Gasteiger partial charge in [0.25, 0.3) is 0 Å². The van der Waals surface area contributed by atoms with Crippen molar-refractivity contribution in [1.29, 1.82) is 5.26 Å². The van der Waals surface area contributed by atoms with E-state index in [-0.39, 0.29) is 5.41 Å². The van der Waals surface area contributed by atoms with E-state index in [1.54, 1.807) is 0 Å². The monoisotopic (exact) mass is 461 g/mol. The minimum absolute atomic E-state index is 0.0883. The second kappa shape index (κ2) is 14.1. The van der Waals surface area contributed by atoms with E-state index in [9.17, 15) is 5.26 Å². The maximum atomic E-state index is 9.86. The van der Waals surface area contributed by atoms with Crippen LogP contribution in [0.4, 0.5) is 0 Å². The Morgan fingerprint density at radius 1 is 0.912 bits per heavy atom. The average molecular weight is 462 g/mol. The van der Waals surface area contributed by atoms with Gasteiger partial charge in [0, 0.05) is 18.0 Å². The Bertz CT molecular complexity index is 861. The van der Waals surface area contributed by atoms with Gasteiger partial charge in [-0.15, -0.1) is 0 Å². The number of nitriles is 1. The lowest BCUT2D eigenvalue weighted by Gasteiger charge is -2.35. The van der Waals surface area contributed by atoms with E-state index >= 15 is 0 Å². The van der Waals surface area contributed by atoms with Gasteiger partial charge >= 0.3 is 0 Å². The molecule has 1 saturated carbocycles. The maximum Gasteiger partial charge on any atom is 0.159 e. The summed E-state index contributed by atoms with van der Waals surface area (Å²) in [7, 11) is 0. The fourth-order valence-electron chi connectivity index (χ4n) is 4.99. The Labute approximate surface area is 207 Å². The van der Waals surface area contributed by atoms with Gasteiger partial charge in [-0.2, -0.15) is 5.26 Å². The van der Waals surface area contributed by atoms with E-state index in [1.807, 2.05) is 36.7 Å². The van der Waals surface area contributed by atoms with Crippen LogP contribution in [-0.2, 0) is 6.42 Å². The summed E-state index contributed by atoms with van der Waals surface area (Å²) < 4.78 is 6.11. The number of hydrogen-bond acceptors (Lipinski definition) is 4. The zero-order valence-corrected chi connectivity index (χ0v) is 21.4. The molecule has 4 nitrogen and oxygen atoms in total. The van der Waals surface area contributed by atoms with Gasteiger partial charge in [0.15, 0.2) is 5.82 Å². The number of hydrogen-bond donors (Lipinski definition) is 0. The van der Waals surface area contributed by atoms with E-state index in [0.29, 0.717) is 5.92 Å². The molecule has 1 fully saturated rings. The normalized spacial score (nSPS) is 20.1. The third-order valence-electron chi connectivity index (χ3n) is 7.43. The Kier molecular flexibility index (Phi) is 10.9. The molecule has 2 aromatic rings. The molecular formula is C30H43N3O. The van der Waals surface area contributed by atoms with Crippen molar-refractivity contribution in [2.75, 3.05) is 6.61 Å². The van der Waals surface area contributed by atoms with Crippen LogP contribution in [-0.4, -0.2) is 16.6 Å². The average Bonchev–Trinajstić information content (AvgIpc) is 2.89. The van der Waals surface area contributed by atoms with Gasteiger partial charge in [0.1, 0.15) is 5.75 Å². The number of aromatic nitrogens is 2. The zero-order valence-electron chi connectivity index (χ0n) is 21.4. The highest BCUT2D eigenvalue weighted by molar-refractivity contribution is 5.55. The standard InChI is InChI=1S/C30H43N3O/c1-3-5-7-8-9-10-18-30(24-31)19-16-25(17-20-30)23-34-28-14-12-27(13-15-28)29-32-21-26(22-33-29)11-6-4-2/h12-15,21-22,25H,3-11,16-20,23H2,1-2H3/t25-,30-. The summed E-state index contributed by atoms with van der Waals surface area (Å²) in [6.07, 6.45) is 20.4. The molecule has 184 valence electrons. The lowest BCUT2D eigenvalue weighted by atomic mass is 9.69. The predicted octanol–water partition coefficient (Wildman–Crippen LogP) is 8.32. The lowest BCUT2D eigenvalue weighted by Crippen LogP contribution is -2.28. The van der Waals surface area contributed by atoms with Crippen LogP contribution in [0, 0.1) is 22.7 Å². The van der Waals surface area contributed by atoms with Gasteiger partial charge in [-0.1, -0.05) is 58.8 Å². The molecule has 0 unspecified atom stereocenters. The first-order valence-corrected chi connectivity index (χ1v) is 13.6. The van der Waals surface area contributed by atoms with Gasteiger partial charge in [-0.05, 0) is 80.7 Å².